The highest BCUT2D eigenvalue weighted by Crippen LogP contribution is 2.43. The number of nitrogens with zero attached hydrogens (tertiary/aromatic N) is 2. The summed E-state index contributed by atoms with van der Waals surface area (Å²) in [6, 6.07) is 52.2. The maximum absolute atomic E-state index is 5.33. The number of hydrogen-bond donors (Lipinski definition) is 0. The minimum atomic E-state index is 0.923. The summed E-state index contributed by atoms with van der Waals surface area (Å²) in [6.45, 7) is 2.19. The summed E-state index contributed by atoms with van der Waals surface area (Å²) in [5.41, 5.74) is 13.0. The van der Waals surface area contributed by atoms with Gasteiger partial charge in [0.1, 0.15) is 5.82 Å². The molecule has 2 aromatic heterocycles. The van der Waals surface area contributed by atoms with Gasteiger partial charge in [0, 0.05) is 32.2 Å². The van der Waals surface area contributed by atoms with E-state index in [1.54, 1.807) is 11.3 Å². The fraction of sp³-hybridized carbons (Fsp3) is 0.0488. The predicted molar refractivity (Wildman–Crippen MR) is 187 cm³/mol. The van der Waals surface area contributed by atoms with E-state index in [4.69, 9.17) is 4.98 Å². The van der Waals surface area contributed by atoms with Crippen molar-refractivity contribution in [3.63, 3.8) is 0 Å². The summed E-state index contributed by atoms with van der Waals surface area (Å²) in [5.74, 6) is 0.964. The lowest BCUT2D eigenvalue weighted by atomic mass is 9.93. The van der Waals surface area contributed by atoms with Crippen LogP contribution in [0.3, 0.4) is 0 Å². The van der Waals surface area contributed by atoms with E-state index < -0.39 is 0 Å². The minimum absolute atomic E-state index is 0.923. The zero-order valence-corrected chi connectivity index (χ0v) is 25.3. The quantitative estimate of drug-likeness (QED) is 0.191. The summed E-state index contributed by atoms with van der Waals surface area (Å²) in [6.07, 6.45) is 0.923. The maximum atomic E-state index is 5.33. The molecule has 210 valence electrons. The molecule has 3 heteroatoms. The van der Waals surface area contributed by atoms with E-state index in [9.17, 15) is 0 Å². The first-order valence-corrected chi connectivity index (χ1v) is 15.9. The molecule has 0 spiro atoms. The zero-order chi connectivity index (χ0) is 29.5. The molecule has 2 nitrogen and oxygen atoms in total. The summed E-state index contributed by atoms with van der Waals surface area (Å²) >= 11 is 1.80. The molecule has 0 aliphatic rings. The number of hydrogen-bond acceptors (Lipinski definition) is 2. The van der Waals surface area contributed by atoms with E-state index in [-0.39, 0.29) is 0 Å². The first-order chi connectivity index (χ1) is 21.7. The van der Waals surface area contributed by atoms with Crippen molar-refractivity contribution in [2.24, 2.45) is 0 Å². The molecule has 0 bridgehead atoms. The number of para-hydroxylation sites is 2. The van der Waals surface area contributed by atoms with Gasteiger partial charge >= 0.3 is 0 Å². The van der Waals surface area contributed by atoms with Crippen LogP contribution in [0.25, 0.3) is 60.4 Å². The Morgan fingerprint density at radius 3 is 1.89 bits per heavy atom. The molecule has 44 heavy (non-hydrogen) atoms. The van der Waals surface area contributed by atoms with Gasteiger partial charge < -0.3 is 0 Å². The maximum Gasteiger partial charge on any atom is 0.147 e. The molecule has 0 unspecified atom stereocenters. The first kappa shape index (κ1) is 26.4. The Balaban J connectivity index is 1.39. The molecule has 6 aromatic carbocycles. The molecular formula is C41H30N2S. The zero-order valence-electron chi connectivity index (χ0n) is 24.4. The van der Waals surface area contributed by atoms with Gasteiger partial charge in [-0.15, -0.1) is 11.3 Å². The number of thiophene rings is 1. The SMILES string of the molecule is Cc1cc(-c2ccccc2)c(-n2c(-c3csc4cc(Cc5ccccc5)ccc34)nc3ccccc32)c(-c2ccccc2)c1. The Morgan fingerprint density at radius 1 is 0.591 bits per heavy atom. The van der Waals surface area contributed by atoms with Crippen LogP contribution in [-0.2, 0) is 6.42 Å². The number of imidazole rings is 1. The Morgan fingerprint density at radius 2 is 1.20 bits per heavy atom. The summed E-state index contributed by atoms with van der Waals surface area (Å²) in [7, 11) is 0. The van der Waals surface area contributed by atoms with Crippen molar-refractivity contribution in [2.45, 2.75) is 13.3 Å². The smallest absolute Gasteiger partial charge is 0.147 e. The summed E-state index contributed by atoms with van der Waals surface area (Å²) in [5, 5.41) is 3.52. The lowest BCUT2D eigenvalue weighted by molar-refractivity contribution is 1.11. The Labute approximate surface area is 261 Å². The van der Waals surface area contributed by atoms with E-state index in [2.05, 4.69) is 162 Å². The lowest BCUT2D eigenvalue weighted by Gasteiger charge is -2.20. The molecule has 0 atom stereocenters. The van der Waals surface area contributed by atoms with Crippen LogP contribution < -0.4 is 0 Å². The number of fused-ring (bicyclic) bond motifs is 2. The van der Waals surface area contributed by atoms with Gasteiger partial charge in [0.15, 0.2) is 0 Å². The molecule has 2 heterocycles. The molecule has 0 N–H and O–H groups in total. The van der Waals surface area contributed by atoms with Gasteiger partial charge in [-0.1, -0.05) is 115 Å². The second-order valence-electron chi connectivity index (χ2n) is 11.3. The van der Waals surface area contributed by atoms with Gasteiger partial charge in [-0.25, -0.2) is 4.98 Å². The van der Waals surface area contributed by atoms with Crippen LogP contribution in [0.5, 0.6) is 0 Å². The topological polar surface area (TPSA) is 17.8 Å². The van der Waals surface area contributed by atoms with Crippen molar-refractivity contribution in [2.75, 3.05) is 0 Å². The fourth-order valence-corrected chi connectivity index (χ4v) is 7.32. The van der Waals surface area contributed by atoms with Crippen LogP contribution in [0.4, 0.5) is 0 Å². The van der Waals surface area contributed by atoms with Crippen molar-refractivity contribution in [1.82, 2.24) is 9.55 Å². The molecule has 0 amide bonds. The van der Waals surface area contributed by atoms with E-state index in [1.807, 2.05) is 0 Å². The number of aryl methyl sites for hydroxylation is 1. The Bertz CT molecular complexity index is 2180. The lowest BCUT2D eigenvalue weighted by Crippen LogP contribution is -2.03. The average Bonchev–Trinajstić information content (AvgIpc) is 3.67. The molecule has 0 saturated carbocycles. The van der Waals surface area contributed by atoms with Crippen LogP contribution in [0, 0.1) is 6.92 Å². The third kappa shape index (κ3) is 4.72. The Kier molecular flexibility index (Phi) is 6.66. The normalized spacial score (nSPS) is 11.4. The third-order valence-corrected chi connectivity index (χ3v) is 9.29. The van der Waals surface area contributed by atoms with Gasteiger partial charge in [-0.3, -0.25) is 4.57 Å². The van der Waals surface area contributed by atoms with Crippen molar-refractivity contribution in [1.29, 1.82) is 0 Å². The highest BCUT2D eigenvalue weighted by Gasteiger charge is 2.23. The highest BCUT2D eigenvalue weighted by atomic mass is 32.1. The van der Waals surface area contributed by atoms with Gasteiger partial charge in [-0.2, -0.15) is 0 Å². The summed E-state index contributed by atoms with van der Waals surface area (Å²) < 4.78 is 3.68. The molecular weight excluding hydrogens is 553 g/mol. The average molecular weight is 583 g/mol. The molecule has 0 fully saturated rings. The molecule has 0 radical (unpaired) electrons. The summed E-state index contributed by atoms with van der Waals surface area (Å²) in [4.78, 5) is 5.33. The predicted octanol–water partition coefficient (Wildman–Crippen LogP) is 11.1. The minimum Gasteiger partial charge on any atom is -0.291 e. The molecule has 8 aromatic rings. The van der Waals surface area contributed by atoms with E-state index >= 15 is 0 Å². The molecule has 0 saturated heterocycles. The van der Waals surface area contributed by atoms with E-state index in [1.165, 1.54) is 49.0 Å². The first-order valence-electron chi connectivity index (χ1n) is 15.0. The van der Waals surface area contributed by atoms with Crippen LogP contribution in [-0.4, -0.2) is 9.55 Å². The Hall–Kier alpha value is -5.25. The van der Waals surface area contributed by atoms with Gasteiger partial charge in [0.25, 0.3) is 0 Å². The van der Waals surface area contributed by atoms with Crippen molar-refractivity contribution >= 4 is 32.5 Å². The third-order valence-electron chi connectivity index (χ3n) is 8.34. The van der Waals surface area contributed by atoms with Gasteiger partial charge in [-0.05, 0) is 71.5 Å². The largest absolute Gasteiger partial charge is 0.291 e. The second kappa shape index (κ2) is 11.1. The van der Waals surface area contributed by atoms with Crippen LogP contribution in [0.2, 0.25) is 0 Å². The van der Waals surface area contributed by atoms with Gasteiger partial charge in [0.05, 0.1) is 16.7 Å². The van der Waals surface area contributed by atoms with Crippen LogP contribution in [0.1, 0.15) is 16.7 Å². The monoisotopic (exact) mass is 582 g/mol. The van der Waals surface area contributed by atoms with Gasteiger partial charge in [0.2, 0.25) is 0 Å². The van der Waals surface area contributed by atoms with Crippen LogP contribution >= 0.6 is 11.3 Å². The number of benzene rings is 6. The van der Waals surface area contributed by atoms with Crippen molar-refractivity contribution in [3.05, 3.63) is 168 Å². The molecule has 8 rings (SSSR count). The molecule has 0 aliphatic carbocycles. The van der Waals surface area contributed by atoms with Crippen molar-refractivity contribution in [3.8, 4) is 39.3 Å². The fourth-order valence-electron chi connectivity index (χ4n) is 6.32. The van der Waals surface area contributed by atoms with E-state index in [0.717, 1.165) is 34.5 Å². The number of rotatable bonds is 6. The van der Waals surface area contributed by atoms with Crippen molar-refractivity contribution < 1.29 is 0 Å². The highest BCUT2D eigenvalue weighted by molar-refractivity contribution is 7.17. The number of aromatic nitrogens is 2. The van der Waals surface area contributed by atoms with Crippen LogP contribution in [0.15, 0.2) is 151 Å². The molecule has 0 aliphatic heterocycles. The van der Waals surface area contributed by atoms with E-state index in [0.29, 0.717) is 0 Å². The second-order valence-corrected chi connectivity index (χ2v) is 12.3. The standard InChI is InChI=1S/C41H30N2S/c1-28-23-34(31-15-7-3-8-16-31)40(35(24-28)32-17-9-4-10-18-32)43-38-20-12-11-19-37(38)42-41(43)36-27-44-39-26-30(21-22-33(36)39)25-29-13-5-2-6-14-29/h2-24,26-27H,25H2,1H3.